The summed E-state index contributed by atoms with van der Waals surface area (Å²) in [6, 6.07) is 5.61. The molecule has 0 amide bonds. The predicted molar refractivity (Wildman–Crippen MR) is 68.4 cm³/mol. The lowest BCUT2D eigenvalue weighted by atomic mass is 10.3. The number of imidazole rings is 1. The normalized spacial score (nSPS) is 10.6. The van der Waals surface area contributed by atoms with Gasteiger partial charge in [0.25, 0.3) is 0 Å². The minimum Gasteiger partial charge on any atom is -0.335 e. The van der Waals surface area contributed by atoms with Gasteiger partial charge in [-0.25, -0.2) is 0 Å². The highest BCUT2D eigenvalue weighted by Gasteiger charge is 2.04. The van der Waals surface area contributed by atoms with Crippen molar-refractivity contribution < 1.29 is 0 Å². The average molecular weight is 304 g/mol. The van der Waals surface area contributed by atoms with Gasteiger partial charge in [0, 0.05) is 21.4 Å². The van der Waals surface area contributed by atoms with E-state index in [9.17, 15) is 0 Å². The first-order valence-electron chi connectivity index (χ1n) is 4.31. The minimum atomic E-state index is 0.676. The number of aryl methyl sites for hydroxylation is 1. The molecule has 0 bridgehead atoms. The van der Waals surface area contributed by atoms with E-state index < -0.39 is 0 Å². The van der Waals surface area contributed by atoms with Crippen molar-refractivity contribution in [2.24, 2.45) is 0 Å². The van der Waals surface area contributed by atoms with Crippen LogP contribution in [0.5, 0.6) is 0 Å². The van der Waals surface area contributed by atoms with Gasteiger partial charge in [0.15, 0.2) is 4.77 Å². The van der Waals surface area contributed by atoms with Gasteiger partial charge in [0.05, 0.1) is 5.69 Å². The van der Waals surface area contributed by atoms with Crippen LogP contribution in [0.4, 0.5) is 0 Å². The van der Waals surface area contributed by atoms with E-state index in [-0.39, 0.29) is 0 Å². The maximum atomic E-state index is 5.88. The van der Waals surface area contributed by atoms with Crippen LogP contribution in [0, 0.1) is 11.7 Å². The standard InChI is InChI=1S/C10H8BrClN2S/c1-6-5-14(10(15)13-6)9-3-2-7(12)4-8(9)11/h2-5H,1H3,(H,13,15). The number of aromatic amines is 1. The SMILES string of the molecule is Cc1cn(-c2ccc(Cl)cc2Br)c(=S)[nH]1. The molecule has 0 spiro atoms. The Hall–Kier alpha value is -0.580. The summed E-state index contributed by atoms with van der Waals surface area (Å²) in [5.41, 5.74) is 2.01. The lowest BCUT2D eigenvalue weighted by Gasteiger charge is -2.05. The molecule has 1 N–H and O–H groups in total. The third-order valence-corrected chi connectivity index (χ3v) is 3.18. The van der Waals surface area contributed by atoms with Gasteiger partial charge >= 0.3 is 0 Å². The van der Waals surface area contributed by atoms with Gasteiger partial charge < -0.3 is 4.98 Å². The molecule has 1 aromatic heterocycles. The third-order valence-electron chi connectivity index (χ3n) is 2.01. The Morgan fingerprint density at radius 2 is 2.20 bits per heavy atom. The third kappa shape index (κ3) is 2.17. The lowest BCUT2D eigenvalue weighted by Crippen LogP contribution is -1.93. The molecule has 2 nitrogen and oxygen atoms in total. The summed E-state index contributed by atoms with van der Waals surface area (Å²) in [7, 11) is 0. The second-order valence-electron chi connectivity index (χ2n) is 3.21. The van der Waals surface area contributed by atoms with Gasteiger partial charge in [-0.2, -0.15) is 0 Å². The van der Waals surface area contributed by atoms with Gasteiger partial charge in [-0.05, 0) is 53.3 Å². The highest BCUT2D eigenvalue weighted by Crippen LogP contribution is 2.25. The van der Waals surface area contributed by atoms with Crippen molar-refractivity contribution in [3.05, 3.63) is 44.4 Å². The molecular weight excluding hydrogens is 296 g/mol. The van der Waals surface area contributed by atoms with Crippen molar-refractivity contribution in [3.8, 4) is 5.69 Å². The molecule has 0 fully saturated rings. The van der Waals surface area contributed by atoms with Crippen molar-refractivity contribution in [2.75, 3.05) is 0 Å². The van der Waals surface area contributed by atoms with Crippen LogP contribution < -0.4 is 0 Å². The van der Waals surface area contributed by atoms with Crippen LogP contribution in [-0.2, 0) is 0 Å². The van der Waals surface area contributed by atoms with E-state index in [1.807, 2.05) is 35.9 Å². The highest BCUT2D eigenvalue weighted by atomic mass is 79.9. The zero-order valence-electron chi connectivity index (χ0n) is 7.92. The molecule has 0 aliphatic carbocycles. The topological polar surface area (TPSA) is 20.7 Å². The van der Waals surface area contributed by atoms with E-state index in [2.05, 4.69) is 20.9 Å². The second-order valence-corrected chi connectivity index (χ2v) is 4.89. The average Bonchev–Trinajstić information content (AvgIpc) is 2.45. The van der Waals surface area contributed by atoms with Crippen LogP contribution in [0.15, 0.2) is 28.9 Å². The predicted octanol–water partition coefficient (Wildman–Crippen LogP) is 4.26. The van der Waals surface area contributed by atoms with E-state index in [4.69, 9.17) is 23.8 Å². The monoisotopic (exact) mass is 302 g/mol. The fraction of sp³-hybridized carbons (Fsp3) is 0.100. The first-order chi connectivity index (χ1) is 7.08. The number of rotatable bonds is 1. The molecule has 0 aliphatic heterocycles. The van der Waals surface area contributed by atoms with Crippen molar-refractivity contribution in [3.63, 3.8) is 0 Å². The summed E-state index contributed by atoms with van der Waals surface area (Å²) < 4.78 is 3.51. The number of hydrogen-bond donors (Lipinski definition) is 1. The van der Waals surface area contributed by atoms with E-state index in [0.29, 0.717) is 9.79 Å². The van der Waals surface area contributed by atoms with Crippen LogP contribution in [-0.4, -0.2) is 9.55 Å². The molecule has 0 saturated carbocycles. The van der Waals surface area contributed by atoms with Crippen molar-refractivity contribution in [2.45, 2.75) is 6.92 Å². The molecule has 0 radical (unpaired) electrons. The first kappa shape index (κ1) is 10.9. The Morgan fingerprint density at radius 1 is 1.47 bits per heavy atom. The molecule has 5 heteroatoms. The number of hydrogen-bond acceptors (Lipinski definition) is 1. The summed E-state index contributed by atoms with van der Waals surface area (Å²) in [5.74, 6) is 0. The summed E-state index contributed by atoms with van der Waals surface area (Å²) >= 11 is 14.5. The van der Waals surface area contributed by atoms with Crippen molar-refractivity contribution >= 4 is 39.7 Å². The summed E-state index contributed by atoms with van der Waals surface area (Å²) in [6.07, 6.45) is 1.95. The van der Waals surface area contributed by atoms with Crippen LogP contribution in [0.25, 0.3) is 5.69 Å². The molecule has 78 valence electrons. The number of H-pyrrole nitrogens is 1. The lowest BCUT2D eigenvalue weighted by molar-refractivity contribution is 1.02. The number of nitrogens with zero attached hydrogens (tertiary/aromatic N) is 1. The van der Waals surface area contributed by atoms with Gasteiger partial charge in [0.1, 0.15) is 0 Å². The number of nitrogens with one attached hydrogen (secondary N) is 1. The quantitative estimate of drug-likeness (QED) is 0.781. The van der Waals surface area contributed by atoms with Crippen molar-refractivity contribution in [1.82, 2.24) is 9.55 Å². The van der Waals surface area contributed by atoms with Crippen molar-refractivity contribution in [1.29, 1.82) is 0 Å². The molecule has 1 aromatic carbocycles. The molecule has 0 unspecified atom stereocenters. The molecule has 1 heterocycles. The number of halogens is 2. The fourth-order valence-electron chi connectivity index (χ4n) is 1.37. The Morgan fingerprint density at radius 3 is 2.73 bits per heavy atom. The van der Waals surface area contributed by atoms with E-state index in [0.717, 1.165) is 15.9 Å². The number of aromatic nitrogens is 2. The molecule has 0 atom stereocenters. The molecule has 0 saturated heterocycles. The summed E-state index contributed by atoms with van der Waals surface area (Å²) in [6.45, 7) is 1.97. The van der Waals surface area contributed by atoms with Crippen LogP contribution >= 0.6 is 39.7 Å². The van der Waals surface area contributed by atoms with Gasteiger partial charge in [-0.1, -0.05) is 11.6 Å². The molecule has 2 rings (SSSR count). The van der Waals surface area contributed by atoms with Gasteiger partial charge in [0.2, 0.25) is 0 Å². The van der Waals surface area contributed by atoms with E-state index in [1.165, 1.54) is 0 Å². The van der Waals surface area contributed by atoms with E-state index in [1.54, 1.807) is 0 Å². The van der Waals surface area contributed by atoms with Gasteiger partial charge in [-0.15, -0.1) is 0 Å². The maximum Gasteiger partial charge on any atom is 0.182 e. The molecule has 15 heavy (non-hydrogen) atoms. The molecule has 2 aromatic rings. The number of benzene rings is 1. The molecular formula is C10H8BrClN2S. The first-order valence-corrected chi connectivity index (χ1v) is 5.89. The van der Waals surface area contributed by atoms with Crippen LogP contribution in [0.1, 0.15) is 5.69 Å². The highest BCUT2D eigenvalue weighted by molar-refractivity contribution is 9.10. The summed E-state index contributed by atoms with van der Waals surface area (Å²) in [5, 5.41) is 0.699. The molecule has 0 aliphatic rings. The minimum absolute atomic E-state index is 0.676. The van der Waals surface area contributed by atoms with Crippen LogP contribution in [0.3, 0.4) is 0 Å². The Kier molecular flexibility index (Phi) is 3.00. The Labute approximate surface area is 106 Å². The zero-order chi connectivity index (χ0) is 11.0. The van der Waals surface area contributed by atoms with Gasteiger partial charge in [-0.3, -0.25) is 4.57 Å². The largest absolute Gasteiger partial charge is 0.335 e. The Bertz CT molecular complexity index is 559. The summed E-state index contributed by atoms with van der Waals surface area (Å²) in [4.78, 5) is 3.07. The zero-order valence-corrected chi connectivity index (χ0v) is 11.1. The smallest absolute Gasteiger partial charge is 0.182 e. The Balaban J connectivity index is 2.64. The maximum absolute atomic E-state index is 5.88. The van der Waals surface area contributed by atoms with E-state index >= 15 is 0 Å². The van der Waals surface area contributed by atoms with Crippen LogP contribution in [0.2, 0.25) is 5.02 Å². The second kappa shape index (κ2) is 4.12. The fourth-order valence-corrected chi connectivity index (χ4v) is 2.55.